The lowest BCUT2D eigenvalue weighted by molar-refractivity contribution is -0.614. The van der Waals surface area contributed by atoms with Crippen molar-refractivity contribution in [2.75, 3.05) is 11.9 Å². The minimum absolute atomic E-state index is 0.0222. The zero-order chi connectivity index (χ0) is 21.3. The summed E-state index contributed by atoms with van der Waals surface area (Å²) in [4.78, 5) is 12.7. The number of nitrogens with one attached hydrogen (secondary N) is 1. The lowest BCUT2D eigenvalue weighted by atomic mass is 9.93. The van der Waals surface area contributed by atoms with Crippen molar-refractivity contribution in [1.29, 1.82) is 0 Å². The zero-order valence-electron chi connectivity index (χ0n) is 17.2. The number of hydrogen-bond donors (Lipinski definition) is 2. The maximum Gasteiger partial charge on any atom is 0.321 e. The number of benzene rings is 1. The van der Waals surface area contributed by atoms with Gasteiger partial charge < -0.3 is 20.4 Å². The number of hydrogen-bond acceptors (Lipinski definition) is 5. The Balaban J connectivity index is 1.65. The highest BCUT2D eigenvalue weighted by Gasteiger charge is 2.23. The molecule has 2 aromatic heterocycles. The first-order chi connectivity index (χ1) is 14.5. The molecule has 0 radical (unpaired) electrons. The average Bonchev–Trinajstić information content (AvgIpc) is 3.13. The summed E-state index contributed by atoms with van der Waals surface area (Å²) in [6.07, 6.45) is 5.06. The highest BCUT2D eigenvalue weighted by atomic mass is 16.5. The van der Waals surface area contributed by atoms with E-state index in [1.54, 1.807) is 19.1 Å². The lowest BCUT2D eigenvalue weighted by Crippen LogP contribution is -2.39. The molecule has 8 heteroatoms. The number of aromatic nitrogens is 3. The van der Waals surface area contributed by atoms with E-state index in [9.17, 15) is 15.1 Å². The molecule has 2 heterocycles. The molecule has 8 nitrogen and oxygen atoms in total. The quantitative estimate of drug-likeness (QED) is 0.497. The van der Waals surface area contributed by atoms with E-state index in [2.05, 4.69) is 5.32 Å². The van der Waals surface area contributed by atoms with Gasteiger partial charge in [0, 0.05) is 36.7 Å². The van der Waals surface area contributed by atoms with Gasteiger partial charge >= 0.3 is 5.91 Å². The molecule has 1 saturated carbocycles. The predicted octanol–water partition coefficient (Wildman–Crippen LogP) is 3.11. The number of rotatable bonds is 5. The Hall–Kier alpha value is -3.13. The van der Waals surface area contributed by atoms with Gasteiger partial charge in [0.05, 0.1) is 30.0 Å². The van der Waals surface area contributed by atoms with Gasteiger partial charge in [-0.15, -0.1) is 0 Å². The molecule has 1 aliphatic rings. The topological polar surface area (TPSA) is 103 Å². The molecule has 1 aliphatic carbocycles. The third kappa shape index (κ3) is 3.95. The van der Waals surface area contributed by atoms with Crippen molar-refractivity contribution in [1.82, 2.24) is 9.78 Å². The number of nitrogens with zero attached hydrogens (tertiary/aromatic N) is 3. The lowest BCUT2D eigenvalue weighted by Gasteiger charge is -2.25. The van der Waals surface area contributed by atoms with Gasteiger partial charge in [0.2, 0.25) is 0 Å². The number of aliphatic hydroxyl groups is 1. The van der Waals surface area contributed by atoms with Gasteiger partial charge in [0.25, 0.3) is 5.69 Å². The van der Waals surface area contributed by atoms with Crippen LogP contribution >= 0.6 is 0 Å². The number of fused-ring (bicyclic) bond motifs is 1. The molecular weight excluding hydrogens is 384 g/mol. The van der Waals surface area contributed by atoms with E-state index in [-0.39, 0.29) is 17.8 Å². The first kappa shape index (κ1) is 20.2. The van der Waals surface area contributed by atoms with E-state index in [0.717, 1.165) is 36.6 Å². The fourth-order valence-electron chi connectivity index (χ4n) is 3.91. The van der Waals surface area contributed by atoms with Gasteiger partial charge in [-0.1, -0.05) is 0 Å². The minimum atomic E-state index is -0.498. The van der Waals surface area contributed by atoms with E-state index in [1.165, 1.54) is 6.07 Å². The molecule has 3 aromatic rings. The van der Waals surface area contributed by atoms with Gasteiger partial charge in [-0.25, -0.2) is 0 Å². The zero-order valence-corrected chi connectivity index (χ0v) is 17.2. The second-order valence-electron chi connectivity index (χ2n) is 7.71. The Morgan fingerprint density at radius 2 is 2.10 bits per heavy atom. The summed E-state index contributed by atoms with van der Waals surface area (Å²) < 4.78 is 8.29. The molecule has 1 amide bonds. The summed E-state index contributed by atoms with van der Waals surface area (Å²) in [7, 11) is 0. The molecule has 0 spiro atoms. The number of pyridine rings is 1. The third-order valence-electron chi connectivity index (χ3n) is 5.58. The molecule has 0 unspecified atom stereocenters. The molecule has 158 valence electrons. The number of aryl methyl sites for hydroxylation is 1. The second kappa shape index (κ2) is 8.31. The first-order valence-corrected chi connectivity index (χ1v) is 10.3. The molecule has 2 N–H and O–H groups in total. The Kier molecular flexibility index (Phi) is 5.59. The van der Waals surface area contributed by atoms with Crippen molar-refractivity contribution in [3.05, 3.63) is 53.1 Å². The predicted molar refractivity (Wildman–Crippen MR) is 113 cm³/mol. The van der Waals surface area contributed by atoms with Crippen molar-refractivity contribution in [3.63, 3.8) is 0 Å². The van der Waals surface area contributed by atoms with Crippen LogP contribution in [0.2, 0.25) is 0 Å². The number of aliphatic hydroxyl groups excluding tert-OH is 1. The largest absolute Gasteiger partial charge is 0.618 e. The van der Waals surface area contributed by atoms with Crippen molar-refractivity contribution in [2.45, 2.75) is 51.7 Å². The molecule has 0 atom stereocenters. The van der Waals surface area contributed by atoms with E-state index < -0.39 is 5.91 Å². The number of amides is 1. The minimum Gasteiger partial charge on any atom is -0.618 e. The van der Waals surface area contributed by atoms with Gasteiger partial charge in [-0.05, 0) is 44.7 Å². The van der Waals surface area contributed by atoms with E-state index >= 15 is 0 Å². The Bertz CT molecular complexity index is 1070. The van der Waals surface area contributed by atoms with E-state index in [1.807, 2.05) is 29.9 Å². The Morgan fingerprint density at radius 3 is 2.83 bits per heavy atom. The molecule has 30 heavy (non-hydrogen) atoms. The Labute approximate surface area is 174 Å². The normalized spacial score (nSPS) is 19.0. The van der Waals surface area contributed by atoms with Crippen LogP contribution in [0.4, 0.5) is 5.69 Å². The van der Waals surface area contributed by atoms with Crippen LogP contribution in [0.5, 0.6) is 5.75 Å². The van der Waals surface area contributed by atoms with Crippen LogP contribution in [0.3, 0.4) is 0 Å². The maximum atomic E-state index is 12.7. The highest BCUT2D eigenvalue weighted by Crippen LogP contribution is 2.33. The molecular formula is C22H26N4O4. The summed E-state index contributed by atoms with van der Waals surface area (Å²) in [5, 5.41) is 30.4. The first-order valence-electron chi connectivity index (χ1n) is 10.3. The van der Waals surface area contributed by atoms with Crippen LogP contribution in [0.15, 0.2) is 36.5 Å². The molecule has 0 saturated heterocycles. The van der Waals surface area contributed by atoms with Gasteiger partial charge in [-0.3, -0.25) is 9.48 Å². The van der Waals surface area contributed by atoms with Crippen molar-refractivity contribution in [2.24, 2.45) is 0 Å². The standard InChI is InChI=1S/C22H26N4O4/c1-3-30-21-12-18-15(13-25(24-18)16-7-9-17(27)10-8-16)11-19(21)23-22(28)20-6-4-5-14(2)26(20)29/h4-6,11-13,16-17,27H,3,7-10H2,1-2H3,(H,23,28). The summed E-state index contributed by atoms with van der Waals surface area (Å²) in [6.45, 7) is 3.95. The van der Waals surface area contributed by atoms with Crippen LogP contribution in [0.1, 0.15) is 54.8 Å². The van der Waals surface area contributed by atoms with Crippen LogP contribution in [0, 0.1) is 12.1 Å². The second-order valence-corrected chi connectivity index (χ2v) is 7.71. The molecule has 1 aromatic carbocycles. The van der Waals surface area contributed by atoms with Crippen molar-refractivity contribution >= 4 is 22.5 Å². The highest BCUT2D eigenvalue weighted by molar-refractivity contribution is 6.04. The summed E-state index contributed by atoms with van der Waals surface area (Å²) >= 11 is 0. The van der Waals surface area contributed by atoms with Gasteiger partial charge in [0.15, 0.2) is 5.69 Å². The average molecular weight is 410 g/mol. The monoisotopic (exact) mass is 410 g/mol. The smallest absolute Gasteiger partial charge is 0.321 e. The number of anilines is 1. The van der Waals surface area contributed by atoms with Gasteiger partial charge in [-0.2, -0.15) is 9.83 Å². The van der Waals surface area contributed by atoms with E-state index in [0.29, 0.717) is 28.5 Å². The number of ether oxygens (including phenoxy) is 1. The summed E-state index contributed by atoms with van der Waals surface area (Å²) in [5.74, 6) is 0.00966. The van der Waals surface area contributed by atoms with Crippen LogP contribution in [-0.2, 0) is 0 Å². The molecule has 4 rings (SSSR count). The molecule has 0 bridgehead atoms. The molecule has 0 aliphatic heterocycles. The molecule has 1 fully saturated rings. The SMILES string of the molecule is CCOc1cc2nn(C3CCC(O)CC3)cc2cc1NC(=O)c1cccc(C)[n+]1[O-]. The van der Waals surface area contributed by atoms with Crippen LogP contribution in [-0.4, -0.2) is 33.5 Å². The fourth-order valence-corrected chi connectivity index (χ4v) is 3.91. The van der Waals surface area contributed by atoms with E-state index in [4.69, 9.17) is 9.84 Å². The van der Waals surface area contributed by atoms with Crippen LogP contribution < -0.4 is 14.8 Å². The summed E-state index contributed by atoms with van der Waals surface area (Å²) in [5.41, 5.74) is 1.74. The van der Waals surface area contributed by atoms with Crippen LogP contribution in [0.25, 0.3) is 10.9 Å². The van der Waals surface area contributed by atoms with Crippen molar-refractivity contribution in [3.8, 4) is 5.75 Å². The summed E-state index contributed by atoms with van der Waals surface area (Å²) in [6, 6.07) is 8.70. The fraction of sp³-hybridized carbons (Fsp3) is 0.409. The number of carbonyl (C=O) groups is 1. The van der Waals surface area contributed by atoms with Crippen molar-refractivity contribution < 1.29 is 19.4 Å². The Morgan fingerprint density at radius 1 is 1.33 bits per heavy atom. The third-order valence-corrected chi connectivity index (χ3v) is 5.58. The maximum absolute atomic E-state index is 12.7. The van der Waals surface area contributed by atoms with Gasteiger partial charge in [0.1, 0.15) is 5.75 Å². The number of carbonyl (C=O) groups excluding carboxylic acids is 1.